The van der Waals surface area contributed by atoms with Gasteiger partial charge in [-0.3, -0.25) is 0 Å². The first-order chi connectivity index (χ1) is 5.33. The Labute approximate surface area is 68.2 Å². The molecule has 2 rings (SSSR count). The van der Waals surface area contributed by atoms with E-state index in [0.717, 1.165) is 24.2 Å². The van der Waals surface area contributed by atoms with Crippen molar-refractivity contribution in [3.8, 4) is 0 Å². The zero-order valence-corrected chi connectivity index (χ0v) is 7.16. The Balaban J connectivity index is 1.83. The number of aliphatic hydroxyl groups excluding tert-OH is 1. The predicted molar refractivity (Wildman–Crippen MR) is 44.3 cm³/mol. The summed E-state index contributed by atoms with van der Waals surface area (Å²) in [7, 11) is 2.20. The Morgan fingerprint density at radius 2 is 2.27 bits per heavy atom. The Kier molecular flexibility index (Phi) is 1.90. The first kappa shape index (κ1) is 7.56. The zero-order chi connectivity index (χ0) is 7.84. The van der Waals surface area contributed by atoms with Gasteiger partial charge in [-0.05, 0) is 44.2 Å². The third-order valence-electron chi connectivity index (χ3n) is 3.34. The fraction of sp³-hybridized carbons (Fsp3) is 1.00. The van der Waals surface area contributed by atoms with Crippen molar-refractivity contribution in [1.82, 2.24) is 4.90 Å². The monoisotopic (exact) mass is 155 g/mol. The molecule has 0 bridgehead atoms. The lowest BCUT2D eigenvalue weighted by atomic mass is 10.1. The summed E-state index contributed by atoms with van der Waals surface area (Å²) in [5, 5.41) is 8.78. The normalized spacial score (nSPS) is 43.6. The zero-order valence-electron chi connectivity index (χ0n) is 7.16. The van der Waals surface area contributed by atoms with Crippen LogP contribution < -0.4 is 0 Å². The summed E-state index contributed by atoms with van der Waals surface area (Å²) in [6, 6.07) is 0. The molecule has 3 unspecified atom stereocenters. The number of hydrogen-bond acceptors (Lipinski definition) is 2. The van der Waals surface area contributed by atoms with E-state index in [-0.39, 0.29) is 0 Å². The van der Waals surface area contributed by atoms with E-state index in [0.29, 0.717) is 6.61 Å². The summed E-state index contributed by atoms with van der Waals surface area (Å²) in [4.78, 5) is 2.42. The number of fused-ring (bicyclic) bond motifs is 1. The molecule has 1 heterocycles. The second-order valence-electron chi connectivity index (χ2n) is 4.05. The highest BCUT2D eigenvalue weighted by Crippen LogP contribution is 2.52. The molecule has 0 amide bonds. The van der Waals surface area contributed by atoms with Crippen LogP contribution in [0.5, 0.6) is 0 Å². The van der Waals surface area contributed by atoms with Crippen LogP contribution >= 0.6 is 0 Å². The van der Waals surface area contributed by atoms with Gasteiger partial charge in [0.05, 0.1) is 0 Å². The number of hydrogen-bond donors (Lipinski definition) is 1. The molecular weight excluding hydrogens is 138 g/mol. The Bertz CT molecular complexity index is 144. The second kappa shape index (κ2) is 2.76. The Morgan fingerprint density at radius 3 is 2.91 bits per heavy atom. The van der Waals surface area contributed by atoms with Gasteiger partial charge in [-0.2, -0.15) is 0 Å². The second-order valence-corrected chi connectivity index (χ2v) is 4.05. The van der Waals surface area contributed by atoms with Gasteiger partial charge in [0.1, 0.15) is 0 Å². The average molecular weight is 155 g/mol. The number of likely N-dealkylation sites (tertiary alicyclic amines) is 1. The number of nitrogens with zero attached hydrogens (tertiary/aromatic N) is 1. The smallest absolute Gasteiger partial charge is 0.0433 e. The molecule has 1 aliphatic heterocycles. The lowest BCUT2D eigenvalue weighted by Crippen LogP contribution is -2.26. The van der Waals surface area contributed by atoms with Crippen LogP contribution in [0.1, 0.15) is 12.8 Å². The highest BCUT2D eigenvalue weighted by molar-refractivity contribution is 5.00. The lowest BCUT2D eigenvalue weighted by molar-refractivity contribution is 0.263. The molecule has 2 heteroatoms. The van der Waals surface area contributed by atoms with Gasteiger partial charge in [0, 0.05) is 13.2 Å². The quantitative estimate of drug-likeness (QED) is 0.630. The van der Waals surface area contributed by atoms with E-state index in [1.165, 1.54) is 19.5 Å². The topological polar surface area (TPSA) is 23.5 Å². The predicted octanol–water partition coefficient (Wildman–Crippen LogP) is 0.567. The first-order valence-electron chi connectivity index (χ1n) is 4.62. The van der Waals surface area contributed by atoms with Gasteiger partial charge in [-0.1, -0.05) is 0 Å². The van der Waals surface area contributed by atoms with E-state index in [1.807, 2.05) is 0 Å². The Hall–Kier alpha value is -0.0800. The average Bonchev–Trinajstić information content (AvgIpc) is 2.64. The maximum Gasteiger partial charge on any atom is 0.0433 e. The van der Waals surface area contributed by atoms with Crippen LogP contribution in [-0.2, 0) is 0 Å². The molecular formula is C9H17NO. The molecule has 0 aromatic heterocycles. The van der Waals surface area contributed by atoms with Gasteiger partial charge < -0.3 is 10.0 Å². The highest BCUT2D eigenvalue weighted by atomic mass is 16.3. The number of rotatable bonds is 2. The molecule has 2 nitrogen and oxygen atoms in total. The maximum atomic E-state index is 8.78. The Morgan fingerprint density at radius 1 is 1.45 bits per heavy atom. The minimum Gasteiger partial charge on any atom is -0.396 e. The molecule has 0 spiro atoms. The van der Waals surface area contributed by atoms with Gasteiger partial charge >= 0.3 is 0 Å². The molecule has 1 aliphatic carbocycles. The van der Waals surface area contributed by atoms with Crippen molar-refractivity contribution in [2.75, 3.05) is 26.7 Å². The van der Waals surface area contributed by atoms with Crippen LogP contribution in [0.3, 0.4) is 0 Å². The van der Waals surface area contributed by atoms with Crippen LogP contribution in [0.25, 0.3) is 0 Å². The van der Waals surface area contributed by atoms with E-state index in [4.69, 9.17) is 5.11 Å². The fourth-order valence-corrected chi connectivity index (χ4v) is 2.62. The van der Waals surface area contributed by atoms with Crippen LogP contribution in [0.15, 0.2) is 0 Å². The van der Waals surface area contributed by atoms with E-state index in [2.05, 4.69) is 11.9 Å². The van der Waals surface area contributed by atoms with Crippen molar-refractivity contribution in [3.63, 3.8) is 0 Å². The molecule has 2 aliphatic rings. The van der Waals surface area contributed by atoms with E-state index < -0.39 is 0 Å². The van der Waals surface area contributed by atoms with Crippen molar-refractivity contribution in [3.05, 3.63) is 0 Å². The summed E-state index contributed by atoms with van der Waals surface area (Å²) in [5.74, 6) is 2.77. The van der Waals surface area contributed by atoms with E-state index in [9.17, 15) is 0 Å². The summed E-state index contributed by atoms with van der Waals surface area (Å²) in [6.45, 7) is 2.93. The first-order valence-corrected chi connectivity index (χ1v) is 4.62. The summed E-state index contributed by atoms with van der Waals surface area (Å²) < 4.78 is 0. The summed E-state index contributed by atoms with van der Waals surface area (Å²) in [5.41, 5.74) is 0. The highest BCUT2D eigenvalue weighted by Gasteiger charge is 2.50. The van der Waals surface area contributed by atoms with Crippen LogP contribution in [0.4, 0.5) is 0 Å². The molecule has 0 radical (unpaired) electrons. The van der Waals surface area contributed by atoms with E-state index >= 15 is 0 Å². The van der Waals surface area contributed by atoms with Crippen molar-refractivity contribution in [2.24, 2.45) is 17.8 Å². The molecule has 0 aromatic carbocycles. The lowest BCUT2D eigenvalue weighted by Gasteiger charge is -2.20. The van der Waals surface area contributed by atoms with E-state index in [1.54, 1.807) is 0 Å². The molecule has 3 atom stereocenters. The van der Waals surface area contributed by atoms with Crippen molar-refractivity contribution in [1.29, 1.82) is 0 Å². The molecule has 1 saturated heterocycles. The standard InChI is InChI=1S/C9H17NO/c1-10-4-2-7-8(3-5-11)9(7)6-10/h7-9,11H,2-6H2,1H3. The molecule has 1 N–H and O–H groups in total. The summed E-state index contributed by atoms with van der Waals surface area (Å²) >= 11 is 0. The van der Waals surface area contributed by atoms with Gasteiger partial charge in [0.2, 0.25) is 0 Å². The van der Waals surface area contributed by atoms with Crippen LogP contribution in [0.2, 0.25) is 0 Å². The third-order valence-corrected chi connectivity index (χ3v) is 3.34. The molecule has 1 saturated carbocycles. The maximum absolute atomic E-state index is 8.78. The largest absolute Gasteiger partial charge is 0.396 e. The molecule has 11 heavy (non-hydrogen) atoms. The van der Waals surface area contributed by atoms with Gasteiger partial charge in [-0.15, -0.1) is 0 Å². The number of piperidine rings is 1. The molecule has 0 aromatic rings. The summed E-state index contributed by atoms with van der Waals surface area (Å²) in [6.07, 6.45) is 2.41. The van der Waals surface area contributed by atoms with Gasteiger partial charge in [0.15, 0.2) is 0 Å². The van der Waals surface area contributed by atoms with Crippen molar-refractivity contribution in [2.45, 2.75) is 12.8 Å². The van der Waals surface area contributed by atoms with Gasteiger partial charge in [-0.25, -0.2) is 0 Å². The number of aliphatic hydroxyl groups is 1. The minimum atomic E-state index is 0.390. The van der Waals surface area contributed by atoms with Crippen LogP contribution in [0, 0.1) is 17.8 Å². The minimum absolute atomic E-state index is 0.390. The molecule has 64 valence electrons. The fourth-order valence-electron chi connectivity index (χ4n) is 2.62. The van der Waals surface area contributed by atoms with Gasteiger partial charge in [0.25, 0.3) is 0 Å². The van der Waals surface area contributed by atoms with Crippen molar-refractivity contribution < 1.29 is 5.11 Å². The van der Waals surface area contributed by atoms with Crippen molar-refractivity contribution >= 4 is 0 Å². The SMILES string of the molecule is CN1CCC2C(CCO)C2C1. The van der Waals surface area contributed by atoms with Crippen LogP contribution in [-0.4, -0.2) is 36.8 Å². The third kappa shape index (κ3) is 1.30. The molecule has 2 fully saturated rings.